The van der Waals surface area contributed by atoms with Gasteiger partial charge in [0.2, 0.25) is 0 Å². The van der Waals surface area contributed by atoms with Crippen molar-refractivity contribution in [3.8, 4) is 0 Å². The predicted molar refractivity (Wildman–Crippen MR) is 82.7 cm³/mol. The van der Waals surface area contributed by atoms with E-state index in [1.54, 1.807) is 0 Å². The number of nitrogens with one attached hydrogen (secondary N) is 1. The Labute approximate surface area is 123 Å². The lowest BCUT2D eigenvalue weighted by molar-refractivity contribution is 0.283. The van der Waals surface area contributed by atoms with Crippen LogP contribution in [0.15, 0.2) is 0 Å². The molecule has 3 rings (SSSR count). The maximum Gasteiger partial charge on any atom is 0.0644 e. The van der Waals surface area contributed by atoms with Crippen LogP contribution in [-0.4, -0.2) is 16.8 Å². The molecule has 2 fully saturated rings. The van der Waals surface area contributed by atoms with Crippen LogP contribution in [0.4, 0.5) is 0 Å². The van der Waals surface area contributed by atoms with Crippen molar-refractivity contribution in [2.45, 2.75) is 65.5 Å². The molecule has 0 spiro atoms. The van der Waals surface area contributed by atoms with Crippen molar-refractivity contribution in [3.63, 3.8) is 0 Å². The molecule has 3 nitrogen and oxygen atoms in total. The van der Waals surface area contributed by atoms with Crippen LogP contribution < -0.4 is 5.32 Å². The third-order valence-electron chi connectivity index (χ3n) is 5.83. The molecule has 1 heterocycles. The van der Waals surface area contributed by atoms with Crippen molar-refractivity contribution >= 4 is 0 Å². The fourth-order valence-corrected chi connectivity index (χ4v) is 4.77. The summed E-state index contributed by atoms with van der Waals surface area (Å²) in [6.07, 6.45) is 7.02. The molecule has 4 unspecified atom stereocenters. The maximum atomic E-state index is 4.85. The van der Waals surface area contributed by atoms with E-state index in [1.807, 2.05) is 0 Å². The second-order valence-electron chi connectivity index (χ2n) is 6.95. The van der Waals surface area contributed by atoms with Crippen LogP contribution in [0.2, 0.25) is 0 Å². The SMILES string of the molecule is CCC(NC)c1c(C)nn(CC2CC3CCC2C3)c1C. The molecule has 0 amide bonds. The van der Waals surface area contributed by atoms with Crippen LogP contribution >= 0.6 is 0 Å². The smallest absolute Gasteiger partial charge is 0.0644 e. The zero-order valence-corrected chi connectivity index (χ0v) is 13.4. The molecule has 4 atom stereocenters. The summed E-state index contributed by atoms with van der Waals surface area (Å²) in [5.74, 6) is 2.90. The molecule has 1 aromatic rings. The Morgan fingerprint density at radius 2 is 2.10 bits per heavy atom. The van der Waals surface area contributed by atoms with E-state index in [2.05, 4.69) is 37.8 Å². The van der Waals surface area contributed by atoms with Crippen molar-refractivity contribution in [1.29, 1.82) is 0 Å². The molecule has 1 N–H and O–H groups in total. The van der Waals surface area contributed by atoms with Crippen molar-refractivity contribution in [3.05, 3.63) is 17.0 Å². The van der Waals surface area contributed by atoms with Crippen molar-refractivity contribution in [2.75, 3.05) is 7.05 Å². The minimum Gasteiger partial charge on any atom is -0.313 e. The summed E-state index contributed by atoms with van der Waals surface area (Å²) < 4.78 is 2.30. The summed E-state index contributed by atoms with van der Waals surface area (Å²) in [4.78, 5) is 0. The molecule has 3 heteroatoms. The van der Waals surface area contributed by atoms with Crippen LogP contribution in [0.3, 0.4) is 0 Å². The highest BCUT2D eigenvalue weighted by Crippen LogP contribution is 2.49. The summed E-state index contributed by atoms with van der Waals surface area (Å²) in [6.45, 7) is 7.81. The highest BCUT2D eigenvalue weighted by Gasteiger charge is 2.39. The number of aromatic nitrogens is 2. The third-order valence-corrected chi connectivity index (χ3v) is 5.83. The highest BCUT2D eigenvalue weighted by atomic mass is 15.3. The lowest BCUT2D eigenvalue weighted by atomic mass is 9.89. The van der Waals surface area contributed by atoms with Gasteiger partial charge in [0, 0.05) is 23.8 Å². The zero-order valence-electron chi connectivity index (χ0n) is 13.4. The Morgan fingerprint density at radius 1 is 1.30 bits per heavy atom. The molecular formula is C17H29N3. The van der Waals surface area contributed by atoms with Gasteiger partial charge < -0.3 is 5.32 Å². The van der Waals surface area contributed by atoms with Gasteiger partial charge in [-0.2, -0.15) is 5.10 Å². The van der Waals surface area contributed by atoms with E-state index in [4.69, 9.17) is 5.10 Å². The molecule has 0 saturated heterocycles. The van der Waals surface area contributed by atoms with Gasteiger partial charge in [0.05, 0.1) is 5.69 Å². The van der Waals surface area contributed by atoms with E-state index in [1.165, 1.54) is 42.6 Å². The molecule has 2 aliphatic rings. The molecule has 2 saturated carbocycles. The number of fused-ring (bicyclic) bond motifs is 2. The van der Waals surface area contributed by atoms with Crippen LogP contribution in [0, 0.1) is 31.6 Å². The zero-order chi connectivity index (χ0) is 14.3. The van der Waals surface area contributed by atoms with Gasteiger partial charge in [-0.3, -0.25) is 4.68 Å². The van der Waals surface area contributed by atoms with Crippen molar-refractivity contribution in [2.24, 2.45) is 17.8 Å². The Balaban J connectivity index is 1.79. The van der Waals surface area contributed by atoms with Gasteiger partial charge in [0.15, 0.2) is 0 Å². The standard InChI is InChI=1S/C17H29N3/c1-5-16(18-4)17-11(2)19-20(12(17)3)10-15-9-13-6-7-14(15)8-13/h13-16,18H,5-10H2,1-4H3. The summed E-state index contributed by atoms with van der Waals surface area (Å²) in [6, 6.07) is 0.448. The summed E-state index contributed by atoms with van der Waals surface area (Å²) in [7, 11) is 2.06. The lowest BCUT2D eigenvalue weighted by Crippen LogP contribution is -2.20. The normalized spacial score (nSPS) is 30.1. The van der Waals surface area contributed by atoms with Gasteiger partial charge in [-0.25, -0.2) is 0 Å². The summed E-state index contributed by atoms with van der Waals surface area (Å²) >= 11 is 0. The van der Waals surface area contributed by atoms with Crippen LogP contribution in [0.1, 0.15) is 62.0 Å². The van der Waals surface area contributed by atoms with Crippen molar-refractivity contribution < 1.29 is 0 Å². The minimum atomic E-state index is 0.448. The third kappa shape index (κ3) is 2.30. The minimum absolute atomic E-state index is 0.448. The lowest BCUT2D eigenvalue weighted by Gasteiger charge is -2.22. The number of nitrogens with zero attached hydrogens (tertiary/aromatic N) is 2. The molecular weight excluding hydrogens is 246 g/mol. The van der Waals surface area contributed by atoms with Gasteiger partial charge in [0.25, 0.3) is 0 Å². The van der Waals surface area contributed by atoms with Gasteiger partial charge in [0.1, 0.15) is 0 Å². The molecule has 2 bridgehead atoms. The van der Waals surface area contributed by atoms with Gasteiger partial charge in [-0.15, -0.1) is 0 Å². The average Bonchev–Trinajstić information content (AvgIpc) is 3.11. The quantitative estimate of drug-likeness (QED) is 0.889. The van der Waals surface area contributed by atoms with Crippen LogP contribution in [-0.2, 0) is 6.54 Å². The first-order valence-electron chi connectivity index (χ1n) is 8.35. The van der Waals surface area contributed by atoms with E-state index >= 15 is 0 Å². The average molecular weight is 275 g/mol. The second kappa shape index (κ2) is 5.51. The number of rotatable bonds is 5. The molecule has 2 aliphatic carbocycles. The monoisotopic (exact) mass is 275 g/mol. The Hall–Kier alpha value is -0.830. The number of hydrogen-bond acceptors (Lipinski definition) is 2. The highest BCUT2D eigenvalue weighted by molar-refractivity contribution is 5.28. The molecule has 0 aromatic carbocycles. The van der Waals surface area contributed by atoms with Crippen LogP contribution in [0.25, 0.3) is 0 Å². The summed E-state index contributed by atoms with van der Waals surface area (Å²) in [5, 5.41) is 8.28. The van der Waals surface area contributed by atoms with Crippen LogP contribution in [0.5, 0.6) is 0 Å². The fourth-order valence-electron chi connectivity index (χ4n) is 4.77. The van der Waals surface area contributed by atoms with E-state index in [9.17, 15) is 0 Å². The molecule has 0 aliphatic heterocycles. The topological polar surface area (TPSA) is 29.9 Å². The molecule has 0 radical (unpaired) electrons. The Bertz CT molecular complexity index is 473. The van der Waals surface area contributed by atoms with E-state index in [0.717, 1.165) is 30.7 Å². The first kappa shape index (κ1) is 14.1. The van der Waals surface area contributed by atoms with Gasteiger partial charge >= 0.3 is 0 Å². The van der Waals surface area contributed by atoms with Gasteiger partial charge in [-0.05, 0) is 64.3 Å². The van der Waals surface area contributed by atoms with E-state index in [0.29, 0.717) is 6.04 Å². The Morgan fingerprint density at radius 3 is 2.65 bits per heavy atom. The van der Waals surface area contributed by atoms with Crippen molar-refractivity contribution in [1.82, 2.24) is 15.1 Å². The Kier molecular flexibility index (Phi) is 3.89. The van der Waals surface area contributed by atoms with E-state index in [-0.39, 0.29) is 0 Å². The molecule has 20 heavy (non-hydrogen) atoms. The molecule has 1 aromatic heterocycles. The predicted octanol–water partition coefficient (Wildman–Crippen LogP) is 3.61. The fraction of sp³-hybridized carbons (Fsp3) is 0.824. The number of hydrogen-bond donors (Lipinski definition) is 1. The summed E-state index contributed by atoms with van der Waals surface area (Å²) in [5.41, 5.74) is 4.02. The first-order valence-corrected chi connectivity index (χ1v) is 8.35. The second-order valence-corrected chi connectivity index (χ2v) is 6.95. The van der Waals surface area contributed by atoms with Gasteiger partial charge in [-0.1, -0.05) is 13.3 Å². The largest absolute Gasteiger partial charge is 0.313 e. The number of aryl methyl sites for hydroxylation is 1. The first-order chi connectivity index (χ1) is 9.63. The molecule has 112 valence electrons. The van der Waals surface area contributed by atoms with E-state index < -0.39 is 0 Å². The maximum absolute atomic E-state index is 4.85.